The molecule has 0 bridgehead atoms. The first-order valence-corrected chi connectivity index (χ1v) is 5.79. The van der Waals surface area contributed by atoms with Crippen molar-refractivity contribution in [2.45, 2.75) is 12.8 Å². The fourth-order valence-corrected chi connectivity index (χ4v) is 1.82. The molecule has 13 heavy (non-hydrogen) atoms. The van der Waals surface area contributed by atoms with Gasteiger partial charge in [0, 0.05) is 4.43 Å². The second-order valence-electron chi connectivity index (χ2n) is 3.17. The lowest BCUT2D eigenvalue weighted by molar-refractivity contribution is 0.174. The van der Waals surface area contributed by atoms with E-state index in [1.165, 1.54) is 5.56 Å². The third-order valence-corrected chi connectivity index (χ3v) is 3.52. The van der Waals surface area contributed by atoms with Crippen molar-refractivity contribution in [1.29, 1.82) is 0 Å². The molecule has 1 aromatic carbocycles. The third kappa shape index (κ3) is 1.75. The topological polar surface area (TPSA) is 18.5 Å². The van der Waals surface area contributed by atoms with E-state index in [1.54, 1.807) is 0 Å². The van der Waals surface area contributed by atoms with Gasteiger partial charge in [0.1, 0.15) is 0 Å². The zero-order chi connectivity index (χ0) is 9.26. The van der Waals surface area contributed by atoms with Gasteiger partial charge in [-0.25, -0.2) is 0 Å². The summed E-state index contributed by atoms with van der Waals surface area (Å²) in [4.78, 5) is 0. The smallest absolute Gasteiger partial charge is 0.231 e. The van der Waals surface area contributed by atoms with Crippen LogP contribution in [0.2, 0.25) is 0 Å². The summed E-state index contributed by atoms with van der Waals surface area (Å²) in [7, 11) is 0. The van der Waals surface area contributed by atoms with E-state index in [0.29, 0.717) is 12.7 Å². The second-order valence-corrected chi connectivity index (χ2v) is 4.05. The fraction of sp³-hybridized carbons (Fsp3) is 0.400. The van der Waals surface area contributed by atoms with Crippen molar-refractivity contribution in [3.8, 4) is 11.5 Å². The average molecular weight is 290 g/mol. The van der Waals surface area contributed by atoms with E-state index in [-0.39, 0.29) is 0 Å². The van der Waals surface area contributed by atoms with Gasteiger partial charge in [0.25, 0.3) is 0 Å². The molecule has 1 unspecified atom stereocenters. The fourth-order valence-electron chi connectivity index (χ4n) is 1.31. The van der Waals surface area contributed by atoms with Gasteiger partial charge in [-0.1, -0.05) is 35.6 Å². The Morgan fingerprint density at radius 2 is 2.15 bits per heavy atom. The summed E-state index contributed by atoms with van der Waals surface area (Å²) in [5.41, 5.74) is 1.32. The lowest BCUT2D eigenvalue weighted by Gasteiger charge is -2.08. The molecule has 2 nitrogen and oxygen atoms in total. The molecule has 0 spiro atoms. The maximum Gasteiger partial charge on any atom is 0.231 e. The van der Waals surface area contributed by atoms with Crippen molar-refractivity contribution in [2.75, 3.05) is 11.2 Å². The molecule has 1 heterocycles. The van der Waals surface area contributed by atoms with E-state index in [2.05, 4.69) is 41.6 Å². The van der Waals surface area contributed by atoms with E-state index in [0.717, 1.165) is 15.9 Å². The highest BCUT2D eigenvalue weighted by atomic mass is 127. The third-order valence-electron chi connectivity index (χ3n) is 2.20. The van der Waals surface area contributed by atoms with Crippen LogP contribution in [0.25, 0.3) is 0 Å². The van der Waals surface area contributed by atoms with Gasteiger partial charge in [0.2, 0.25) is 6.79 Å². The largest absolute Gasteiger partial charge is 0.454 e. The van der Waals surface area contributed by atoms with Crippen LogP contribution in [-0.4, -0.2) is 11.2 Å². The Morgan fingerprint density at radius 3 is 2.92 bits per heavy atom. The molecule has 1 aromatic rings. The summed E-state index contributed by atoms with van der Waals surface area (Å²) < 4.78 is 11.7. The zero-order valence-corrected chi connectivity index (χ0v) is 9.58. The molecule has 0 aromatic heterocycles. The summed E-state index contributed by atoms with van der Waals surface area (Å²) in [6, 6.07) is 6.17. The van der Waals surface area contributed by atoms with Gasteiger partial charge in [-0.2, -0.15) is 0 Å². The molecule has 1 aliphatic heterocycles. The maximum absolute atomic E-state index is 5.31. The molecule has 1 atom stereocenters. The predicted octanol–water partition coefficient (Wildman–Crippen LogP) is 2.95. The van der Waals surface area contributed by atoms with E-state index in [9.17, 15) is 0 Å². The predicted molar refractivity (Wildman–Crippen MR) is 59.9 cm³/mol. The molecule has 3 heteroatoms. The lowest BCUT2D eigenvalue weighted by atomic mass is 10.0. The quantitative estimate of drug-likeness (QED) is 0.616. The molecule has 0 amide bonds. The Labute approximate surface area is 91.4 Å². The van der Waals surface area contributed by atoms with E-state index in [4.69, 9.17) is 9.47 Å². The van der Waals surface area contributed by atoms with Crippen LogP contribution in [0.1, 0.15) is 18.4 Å². The SMILES string of the molecule is CC(CI)c1ccc2c(c1)OCO2. The van der Waals surface area contributed by atoms with Crippen LogP contribution in [0, 0.1) is 0 Å². The number of hydrogen-bond acceptors (Lipinski definition) is 2. The van der Waals surface area contributed by atoms with Gasteiger partial charge in [-0.15, -0.1) is 0 Å². The normalized spacial score (nSPS) is 15.8. The second kappa shape index (κ2) is 3.74. The van der Waals surface area contributed by atoms with Crippen molar-refractivity contribution in [2.24, 2.45) is 0 Å². The Bertz CT molecular complexity index is 312. The Morgan fingerprint density at radius 1 is 1.38 bits per heavy atom. The molecule has 0 N–H and O–H groups in total. The first-order valence-electron chi connectivity index (χ1n) is 4.27. The standard InChI is InChI=1S/C10H11IO2/c1-7(5-11)8-2-3-9-10(4-8)13-6-12-9/h2-4,7H,5-6H2,1H3. The van der Waals surface area contributed by atoms with Crippen molar-refractivity contribution in [3.63, 3.8) is 0 Å². The van der Waals surface area contributed by atoms with Crippen LogP contribution in [-0.2, 0) is 0 Å². The number of fused-ring (bicyclic) bond motifs is 1. The minimum absolute atomic E-state index is 0.359. The number of alkyl halides is 1. The van der Waals surface area contributed by atoms with Crippen LogP contribution in [0.5, 0.6) is 11.5 Å². The van der Waals surface area contributed by atoms with E-state index >= 15 is 0 Å². The van der Waals surface area contributed by atoms with Crippen molar-refractivity contribution in [3.05, 3.63) is 23.8 Å². The van der Waals surface area contributed by atoms with Crippen LogP contribution in [0.4, 0.5) is 0 Å². The van der Waals surface area contributed by atoms with Gasteiger partial charge in [0.05, 0.1) is 0 Å². The molecular weight excluding hydrogens is 279 g/mol. The number of halogens is 1. The van der Waals surface area contributed by atoms with Gasteiger partial charge in [-0.3, -0.25) is 0 Å². The molecule has 0 radical (unpaired) electrons. The van der Waals surface area contributed by atoms with Crippen molar-refractivity contribution < 1.29 is 9.47 Å². The molecule has 2 rings (SSSR count). The van der Waals surface area contributed by atoms with Gasteiger partial charge in [0.15, 0.2) is 11.5 Å². The van der Waals surface area contributed by atoms with Crippen molar-refractivity contribution in [1.82, 2.24) is 0 Å². The highest BCUT2D eigenvalue weighted by molar-refractivity contribution is 14.1. The molecular formula is C10H11IO2. The van der Waals surface area contributed by atoms with E-state index in [1.807, 2.05) is 6.07 Å². The summed E-state index contributed by atoms with van der Waals surface area (Å²) in [6.07, 6.45) is 0. The Hall–Kier alpha value is -0.450. The number of hydrogen-bond donors (Lipinski definition) is 0. The molecule has 0 saturated heterocycles. The summed E-state index contributed by atoms with van der Waals surface area (Å²) in [5.74, 6) is 2.33. The van der Waals surface area contributed by atoms with Crippen LogP contribution >= 0.6 is 22.6 Å². The average Bonchev–Trinajstić information content (AvgIpc) is 2.63. The molecule has 1 aliphatic rings. The van der Waals surface area contributed by atoms with Gasteiger partial charge >= 0.3 is 0 Å². The number of ether oxygens (including phenoxy) is 2. The maximum atomic E-state index is 5.31. The molecule has 0 aliphatic carbocycles. The van der Waals surface area contributed by atoms with Crippen LogP contribution < -0.4 is 9.47 Å². The summed E-state index contributed by atoms with van der Waals surface area (Å²) in [6.45, 7) is 2.57. The van der Waals surface area contributed by atoms with E-state index < -0.39 is 0 Å². The highest BCUT2D eigenvalue weighted by Crippen LogP contribution is 2.34. The van der Waals surface area contributed by atoms with Crippen LogP contribution in [0.3, 0.4) is 0 Å². The zero-order valence-electron chi connectivity index (χ0n) is 7.42. The van der Waals surface area contributed by atoms with Gasteiger partial charge < -0.3 is 9.47 Å². The lowest BCUT2D eigenvalue weighted by Crippen LogP contribution is -1.94. The Kier molecular flexibility index (Phi) is 2.62. The summed E-state index contributed by atoms with van der Waals surface area (Å²) in [5, 5.41) is 0. The van der Waals surface area contributed by atoms with Gasteiger partial charge in [-0.05, 0) is 23.6 Å². The first-order chi connectivity index (χ1) is 6.31. The minimum Gasteiger partial charge on any atom is -0.454 e. The monoisotopic (exact) mass is 290 g/mol. The van der Waals surface area contributed by atoms with Crippen LogP contribution in [0.15, 0.2) is 18.2 Å². The Balaban J connectivity index is 2.30. The molecule has 70 valence electrons. The first kappa shape index (κ1) is 9.12. The minimum atomic E-state index is 0.359. The highest BCUT2D eigenvalue weighted by Gasteiger charge is 2.14. The summed E-state index contributed by atoms with van der Waals surface area (Å²) >= 11 is 2.39. The number of benzene rings is 1. The molecule has 0 saturated carbocycles. The number of rotatable bonds is 2. The van der Waals surface area contributed by atoms with Crippen molar-refractivity contribution >= 4 is 22.6 Å². The molecule has 0 fully saturated rings.